The fraction of sp³-hybridized carbons (Fsp3) is 0.240. The highest BCUT2D eigenvalue weighted by Crippen LogP contribution is 2.26. The topological polar surface area (TPSA) is 75.3 Å². The Kier molecular flexibility index (Phi) is 8.46. The maximum Gasteiger partial charge on any atom is 0.263 e. The van der Waals surface area contributed by atoms with Crippen molar-refractivity contribution in [1.82, 2.24) is 5.32 Å². The van der Waals surface area contributed by atoms with E-state index in [2.05, 4.69) is 29.1 Å². The molecule has 3 aromatic carbocycles. The highest BCUT2D eigenvalue weighted by molar-refractivity contribution is 7.98. The van der Waals surface area contributed by atoms with Gasteiger partial charge in [0.1, 0.15) is 4.90 Å². The summed E-state index contributed by atoms with van der Waals surface area (Å²) in [5.41, 5.74) is 5.06. The number of amides is 1. The van der Waals surface area contributed by atoms with Crippen LogP contribution in [-0.4, -0.2) is 26.6 Å². The second kappa shape index (κ2) is 11.1. The minimum atomic E-state index is -3.97. The number of carbonyl (C=O) groups excluding carboxylic acids is 1. The van der Waals surface area contributed by atoms with Crippen molar-refractivity contribution in [3.05, 3.63) is 93.5 Å². The molecule has 0 aliphatic rings. The number of benzene rings is 3. The number of halogens is 1. The van der Waals surface area contributed by atoms with E-state index in [-0.39, 0.29) is 21.4 Å². The molecule has 0 aliphatic heterocycles. The molecule has 0 saturated carbocycles. The number of carbonyl (C=O) groups is 1. The van der Waals surface area contributed by atoms with Crippen LogP contribution in [0.3, 0.4) is 0 Å². The monoisotopic (exact) mass is 502 g/mol. The molecule has 0 spiro atoms. The first-order valence-electron chi connectivity index (χ1n) is 10.5. The molecule has 1 amide bonds. The van der Waals surface area contributed by atoms with Gasteiger partial charge in [-0.3, -0.25) is 9.52 Å². The Hall–Kier alpha value is -2.48. The highest BCUT2D eigenvalue weighted by Gasteiger charge is 2.21. The van der Waals surface area contributed by atoms with Crippen LogP contribution < -0.4 is 10.0 Å². The van der Waals surface area contributed by atoms with E-state index in [0.29, 0.717) is 12.2 Å². The molecule has 0 bridgehead atoms. The van der Waals surface area contributed by atoms with Gasteiger partial charge in [-0.05, 0) is 61.7 Å². The summed E-state index contributed by atoms with van der Waals surface area (Å²) in [5, 5.41) is 2.90. The molecule has 0 unspecified atom stereocenters. The van der Waals surface area contributed by atoms with Crippen molar-refractivity contribution < 1.29 is 13.2 Å². The second-order valence-corrected chi connectivity index (χ2v) is 11.0. The number of sulfonamides is 1. The van der Waals surface area contributed by atoms with Crippen molar-refractivity contribution in [2.24, 2.45) is 0 Å². The predicted octanol–water partition coefficient (Wildman–Crippen LogP) is 5.73. The molecule has 3 aromatic rings. The molecule has 0 aliphatic carbocycles. The van der Waals surface area contributed by atoms with Crippen LogP contribution in [0.2, 0.25) is 5.02 Å². The van der Waals surface area contributed by atoms with Crippen molar-refractivity contribution >= 4 is 45.0 Å². The molecule has 5 nitrogen and oxygen atoms in total. The zero-order valence-electron chi connectivity index (χ0n) is 18.8. The third-order valence-electron chi connectivity index (χ3n) is 5.16. The van der Waals surface area contributed by atoms with E-state index in [9.17, 15) is 13.2 Å². The molecule has 33 heavy (non-hydrogen) atoms. The van der Waals surface area contributed by atoms with Crippen LogP contribution in [0.1, 0.15) is 32.6 Å². The van der Waals surface area contributed by atoms with Gasteiger partial charge in [0, 0.05) is 23.6 Å². The first kappa shape index (κ1) is 25.1. The molecule has 0 saturated heterocycles. The van der Waals surface area contributed by atoms with Crippen molar-refractivity contribution in [1.29, 1.82) is 0 Å². The van der Waals surface area contributed by atoms with Gasteiger partial charge in [-0.25, -0.2) is 8.42 Å². The number of hydrogen-bond donors (Lipinski definition) is 2. The summed E-state index contributed by atoms with van der Waals surface area (Å²) >= 11 is 7.91. The Bertz CT molecular complexity index is 1260. The van der Waals surface area contributed by atoms with Crippen LogP contribution in [-0.2, 0) is 15.8 Å². The van der Waals surface area contributed by atoms with E-state index >= 15 is 0 Å². The quantitative estimate of drug-likeness (QED) is 0.366. The average molecular weight is 503 g/mol. The minimum Gasteiger partial charge on any atom is -0.351 e. The number of aryl methyl sites for hydroxylation is 3. The summed E-state index contributed by atoms with van der Waals surface area (Å²) in [6.45, 7) is 6.32. The van der Waals surface area contributed by atoms with Crippen molar-refractivity contribution in [2.75, 3.05) is 17.0 Å². The van der Waals surface area contributed by atoms with Gasteiger partial charge in [-0.1, -0.05) is 53.6 Å². The van der Waals surface area contributed by atoms with Gasteiger partial charge in [-0.15, -0.1) is 0 Å². The summed E-state index contributed by atoms with van der Waals surface area (Å²) in [7, 11) is -3.97. The lowest BCUT2D eigenvalue weighted by Gasteiger charge is -2.13. The SMILES string of the molecule is Cc1ccc(NS(=O)(=O)c2cc(C(=O)NCCSCc3ccccc3C)ccc2Cl)c(C)c1. The molecule has 8 heteroatoms. The number of rotatable bonds is 9. The third kappa shape index (κ3) is 6.76. The predicted molar refractivity (Wildman–Crippen MR) is 138 cm³/mol. The van der Waals surface area contributed by atoms with Gasteiger partial charge in [0.25, 0.3) is 15.9 Å². The van der Waals surface area contributed by atoms with Crippen LogP contribution in [0, 0.1) is 20.8 Å². The Balaban J connectivity index is 1.62. The molecule has 0 aromatic heterocycles. The Labute approximate surface area is 205 Å². The van der Waals surface area contributed by atoms with Crippen molar-refractivity contribution in [2.45, 2.75) is 31.4 Å². The Morgan fingerprint density at radius 2 is 1.73 bits per heavy atom. The van der Waals surface area contributed by atoms with Crippen LogP contribution in [0.4, 0.5) is 5.69 Å². The molecule has 0 fully saturated rings. The standard InChI is InChI=1S/C25H27ClN2O3S2/c1-17-8-11-23(19(3)14-17)28-33(30,31)24-15-20(9-10-22(24)26)25(29)27-12-13-32-16-21-7-5-4-6-18(21)2/h4-11,14-15,28H,12-13,16H2,1-3H3,(H,27,29). The summed E-state index contributed by atoms with van der Waals surface area (Å²) in [5.74, 6) is 1.27. The highest BCUT2D eigenvalue weighted by atomic mass is 35.5. The Morgan fingerprint density at radius 1 is 0.970 bits per heavy atom. The maximum absolute atomic E-state index is 13.0. The van der Waals surface area contributed by atoms with Gasteiger partial charge < -0.3 is 5.32 Å². The van der Waals surface area contributed by atoms with E-state index in [1.165, 1.54) is 29.3 Å². The van der Waals surface area contributed by atoms with Crippen LogP contribution >= 0.6 is 23.4 Å². The van der Waals surface area contributed by atoms with Gasteiger partial charge in [0.05, 0.1) is 10.7 Å². The second-order valence-electron chi connectivity index (χ2n) is 7.80. The zero-order chi connectivity index (χ0) is 24.0. The maximum atomic E-state index is 13.0. The van der Waals surface area contributed by atoms with Crippen LogP contribution in [0.15, 0.2) is 65.6 Å². The van der Waals surface area contributed by atoms with Crippen LogP contribution in [0.25, 0.3) is 0 Å². The fourth-order valence-electron chi connectivity index (χ4n) is 3.27. The first-order valence-corrected chi connectivity index (χ1v) is 13.5. The van der Waals surface area contributed by atoms with Gasteiger partial charge in [-0.2, -0.15) is 11.8 Å². The van der Waals surface area contributed by atoms with Gasteiger partial charge in [0.15, 0.2) is 0 Å². The summed E-state index contributed by atoms with van der Waals surface area (Å²) in [6.07, 6.45) is 0. The molecule has 0 radical (unpaired) electrons. The van der Waals surface area contributed by atoms with Gasteiger partial charge >= 0.3 is 0 Å². The number of thioether (sulfide) groups is 1. The molecule has 3 rings (SSSR count). The molecular formula is C25H27ClN2O3S2. The molecule has 174 valence electrons. The van der Waals surface area contributed by atoms with Gasteiger partial charge in [0.2, 0.25) is 0 Å². The van der Waals surface area contributed by atoms with Crippen molar-refractivity contribution in [3.63, 3.8) is 0 Å². The number of nitrogens with one attached hydrogen (secondary N) is 2. The Morgan fingerprint density at radius 3 is 2.45 bits per heavy atom. The zero-order valence-corrected chi connectivity index (χ0v) is 21.2. The molecular weight excluding hydrogens is 476 g/mol. The molecule has 2 N–H and O–H groups in total. The molecule has 0 atom stereocenters. The van der Waals surface area contributed by atoms with E-state index < -0.39 is 10.0 Å². The third-order valence-corrected chi connectivity index (χ3v) is 8.01. The fourth-order valence-corrected chi connectivity index (χ4v) is 5.86. The smallest absolute Gasteiger partial charge is 0.263 e. The van der Waals surface area contributed by atoms with E-state index in [1.54, 1.807) is 17.8 Å². The first-order chi connectivity index (χ1) is 15.7. The minimum absolute atomic E-state index is 0.0533. The van der Waals surface area contributed by atoms with Crippen molar-refractivity contribution in [3.8, 4) is 0 Å². The van der Waals surface area contributed by atoms with E-state index in [1.807, 2.05) is 38.1 Å². The normalized spacial score (nSPS) is 11.3. The largest absolute Gasteiger partial charge is 0.351 e. The average Bonchev–Trinajstić information content (AvgIpc) is 2.76. The summed E-state index contributed by atoms with van der Waals surface area (Å²) in [6, 6.07) is 17.9. The summed E-state index contributed by atoms with van der Waals surface area (Å²) in [4.78, 5) is 12.5. The molecule has 0 heterocycles. The summed E-state index contributed by atoms with van der Waals surface area (Å²) < 4.78 is 28.5. The van der Waals surface area contributed by atoms with E-state index in [4.69, 9.17) is 11.6 Å². The number of anilines is 1. The lowest BCUT2D eigenvalue weighted by molar-refractivity contribution is 0.0956. The van der Waals surface area contributed by atoms with Crippen LogP contribution in [0.5, 0.6) is 0 Å². The number of hydrogen-bond acceptors (Lipinski definition) is 4. The lowest BCUT2D eigenvalue weighted by atomic mass is 10.1. The van der Waals surface area contributed by atoms with E-state index in [0.717, 1.165) is 22.6 Å². The lowest BCUT2D eigenvalue weighted by Crippen LogP contribution is -2.26.